The van der Waals surface area contributed by atoms with Crippen LogP contribution in [0.2, 0.25) is 0 Å². The van der Waals surface area contributed by atoms with E-state index in [9.17, 15) is 5.11 Å². The summed E-state index contributed by atoms with van der Waals surface area (Å²) in [5.74, 6) is -0.00447. The van der Waals surface area contributed by atoms with E-state index in [1.807, 2.05) is 45.0 Å². The highest BCUT2D eigenvalue weighted by Crippen LogP contribution is 2.15. The summed E-state index contributed by atoms with van der Waals surface area (Å²) in [7, 11) is 0. The summed E-state index contributed by atoms with van der Waals surface area (Å²) in [6, 6.07) is 10.2. The quantitative estimate of drug-likeness (QED) is 0.839. The molecule has 18 heavy (non-hydrogen) atoms. The molecule has 0 bridgehead atoms. The molecule has 0 amide bonds. The highest BCUT2D eigenvalue weighted by Gasteiger charge is 2.14. The molecule has 1 rings (SSSR count). The van der Waals surface area contributed by atoms with E-state index in [-0.39, 0.29) is 5.92 Å². The predicted octanol–water partition coefficient (Wildman–Crippen LogP) is 2.51. The van der Waals surface area contributed by atoms with Crippen molar-refractivity contribution in [2.75, 3.05) is 19.6 Å². The Labute approximate surface area is 110 Å². The van der Waals surface area contributed by atoms with Crippen molar-refractivity contribution in [1.82, 2.24) is 4.90 Å². The summed E-state index contributed by atoms with van der Waals surface area (Å²) in [5.41, 5.74) is 2.13. The first-order valence-electron chi connectivity index (χ1n) is 6.43. The molecule has 1 aromatic rings. The second-order valence-electron chi connectivity index (χ2n) is 4.81. The van der Waals surface area contributed by atoms with E-state index in [2.05, 4.69) is 11.0 Å². The van der Waals surface area contributed by atoms with Crippen molar-refractivity contribution in [3.63, 3.8) is 0 Å². The highest BCUT2D eigenvalue weighted by molar-refractivity contribution is 5.23. The lowest BCUT2D eigenvalue weighted by Gasteiger charge is -2.24. The number of hydrogen-bond donors (Lipinski definition) is 1. The Bertz CT molecular complexity index is 394. The molecular weight excluding hydrogens is 224 g/mol. The van der Waals surface area contributed by atoms with Gasteiger partial charge in [-0.2, -0.15) is 5.26 Å². The van der Waals surface area contributed by atoms with Crippen molar-refractivity contribution < 1.29 is 5.11 Å². The third kappa shape index (κ3) is 4.48. The molecule has 0 spiro atoms. The van der Waals surface area contributed by atoms with Crippen molar-refractivity contribution in [2.45, 2.75) is 26.9 Å². The second-order valence-corrected chi connectivity index (χ2v) is 4.81. The number of benzene rings is 1. The maximum Gasteiger partial charge on any atom is 0.0916 e. The Kier molecular flexibility index (Phi) is 5.84. The normalized spacial score (nSPS) is 14.2. The number of aliphatic hydroxyl groups excluding tert-OH is 1. The van der Waals surface area contributed by atoms with Crippen LogP contribution in [0.3, 0.4) is 0 Å². The van der Waals surface area contributed by atoms with Crippen LogP contribution in [0.5, 0.6) is 0 Å². The topological polar surface area (TPSA) is 47.3 Å². The van der Waals surface area contributed by atoms with Crippen molar-refractivity contribution in [3.05, 3.63) is 35.4 Å². The van der Waals surface area contributed by atoms with Crippen LogP contribution in [0.15, 0.2) is 24.3 Å². The summed E-state index contributed by atoms with van der Waals surface area (Å²) < 4.78 is 0. The minimum Gasteiger partial charge on any atom is -0.387 e. The Morgan fingerprint density at radius 3 is 2.39 bits per heavy atom. The molecule has 0 radical (unpaired) electrons. The van der Waals surface area contributed by atoms with E-state index in [4.69, 9.17) is 5.26 Å². The Balaban J connectivity index is 2.59. The molecule has 1 N–H and O–H groups in total. The van der Waals surface area contributed by atoms with Gasteiger partial charge in [-0.05, 0) is 26.0 Å². The molecular formula is C15H22N2O. The fraction of sp³-hybridized carbons (Fsp3) is 0.533. The SMILES string of the molecule is CCN(CC(C)C#N)CC(O)c1ccc(C)cc1. The van der Waals surface area contributed by atoms with Gasteiger partial charge in [0.25, 0.3) is 0 Å². The zero-order chi connectivity index (χ0) is 13.5. The standard InChI is InChI=1S/C15H22N2O/c1-4-17(10-13(3)9-16)11-15(18)14-7-5-12(2)6-8-14/h5-8,13,15,18H,4,10-11H2,1-3H3. The van der Waals surface area contributed by atoms with E-state index in [0.29, 0.717) is 13.1 Å². The average molecular weight is 246 g/mol. The lowest BCUT2D eigenvalue weighted by molar-refractivity contribution is 0.112. The molecule has 1 aromatic carbocycles. The number of rotatable bonds is 6. The fourth-order valence-corrected chi connectivity index (χ4v) is 1.90. The fourth-order valence-electron chi connectivity index (χ4n) is 1.90. The van der Waals surface area contributed by atoms with Gasteiger partial charge in [0.2, 0.25) is 0 Å². The van der Waals surface area contributed by atoms with Crippen LogP contribution < -0.4 is 0 Å². The van der Waals surface area contributed by atoms with Crippen LogP contribution in [0.4, 0.5) is 0 Å². The summed E-state index contributed by atoms with van der Waals surface area (Å²) in [5, 5.41) is 19.0. The minimum absolute atomic E-state index is 0.00447. The first-order chi connectivity index (χ1) is 8.56. The summed E-state index contributed by atoms with van der Waals surface area (Å²) in [4.78, 5) is 2.11. The summed E-state index contributed by atoms with van der Waals surface area (Å²) >= 11 is 0. The van der Waals surface area contributed by atoms with Crippen molar-refractivity contribution >= 4 is 0 Å². The molecule has 0 heterocycles. The lowest BCUT2D eigenvalue weighted by atomic mass is 10.1. The number of likely N-dealkylation sites (N-methyl/N-ethyl adjacent to an activating group) is 1. The largest absolute Gasteiger partial charge is 0.387 e. The van der Waals surface area contributed by atoms with Crippen LogP contribution in [-0.2, 0) is 0 Å². The Morgan fingerprint density at radius 1 is 1.28 bits per heavy atom. The molecule has 0 aliphatic rings. The number of nitriles is 1. The zero-order valence-corrected chi connectivity index (χ0v) is 11.4. The smallest absolute Gasteiger partial charge is 0.0916 e. The Morgan fingerprint density at radius 2 is 1.89 bits per heavy atom. The maximum absolute atomic E-state index is 10.2. The van der Waals surface area contributed by atoms with Gasteiger partial charge in [0.15, 0.2) is 0 Å². The number of aliphatic hydroxyl groups is 1. The van der Waals surface area contributed by atoms with Gasteiger partial charge in [-0.25, -0.2) is 0 Å². The molecule has 98 valence electrons. The van der Waals surface area contributed by atoms with E-state index >= 15 is 0 Å². The van der Waals surface area contributed by atoms with Crippen LogP contribution in [0.1, 0.15) is 31.1 Å². The molecule has 0 aromatic heterocycles. The highest BCUT2D eigenvalue weighted by atomic mass is 16.3. The van der Waals surface area contributed by atoms with Crippen LogP contribution in [-0.4, -0.2) is 29.6 Å². The van der Waals surface area contributed by atoms with Gasteiger partial charge in [-0.15, -0.1) is 0 Å². The van der Waals surface area contributed by atoms with Gasteiger partial charge >= 0.3 is 0 Å². The molecule has 0 fully saturated rings. The van der Waals surface area contributed by atoms with Gasteiger partial charge < -0.3 is 5.11 Å². The van der Waals surface area contributed by atoms with E-state index < -0.39 is 6.10 Å². The molecule has 0 saturated carbocycles. The first-order valence-corrected chi connectivity index (χ1v) is 6.43. The molecule has 2 atom stereocenters. The molecule has 2 unspecified atom stereocenters. The molecule has 0 aliphatic heterocycles. The van der Waals surface area contributed by atoms with E-state index in [1.54, 1.807) is 0 Å². The minimum atomic E-state index is -0.489. The molecule has 0 saturated heterocycles. The third-order valence-corrected chi connectivity index (χ3v) is 3.09. The van der Waals surface area contributed by atoms with E-state index in [1.165, 1.54) is 5.56 Å². The van der Waals surface area contributed by atoms with Gasteiger partial charge in [0, 0.05) is 13.1 Å². The zero-order valence-electron chi connectivity index (χ0n) is 11.4. The number of nitrogens with zero attached hydrogens (tertiary/aromatic N) is 2. The molecule has 0 aliphatic carbocycles. The molecule has 3 heteroatoms. The van der Waals surface area contributed by atoms with Crippen molar-refractivity contribution in [2.24, 2.45) is 5.92 Å². The van der Waals surface area contributed by atoms with Gasteiger partial charge in [0.05, 0.1) is 18.1 Å². The predicted molar refractivity (Wildman–Crippen MR) is 73.0 cm³/mol. The van der Waals surface area contributed by atoms with Crippen LogP contribution >= 0.6 is 0 Å². The van der Waals surface area contributed by atoms with Crippen LogP contribution in [0, 0.1) is 24.2 Å². The summed E-state index contributed by atoms with van der Waals surface area (Å²) in [6.45, 7) is 8.10. The Hall–Kier alpha value is -1.37. The second kappa shape index (κ2) is 7.15. The average Bonchev–Trinajstić information content (AvgIpc) is 2.38. The third-order valence-electron chi connectivity index (χ3n) is 3.09. The van der Waals surface area contributed by atoms with E-state index in [0.717, 1.165) is 12.1 Å². The first kappa shape index (κ1) is 14.7. The number of aryl methyl sites for hydroxylation is 1. The maximum atomic E-state index is 10.2. The number of hydrogen-bond acceptors (Lipinski definition) is 3. The summed E-state index contributed by atoms with van der Waals surface area (Å²) in [6.07, 6.45) is -0.489. The van der Waals surface area contributed by atoms with Crippen molar-refractivity contribution in [1.29, 1.82) is 5.26 Å². The monoisotopic (exact) mass is 246 g/mol. The van der Waals surface area contributed by atoms with Crippen LogP contribution in [0.25, 0.3) is 0 Å². The van der Waals surface area contributed by atoms with Gasteiger partial charge in [-0.3, -0.25) is 4.90 Å². The van der Waals surface area contributed by atoms with Gasteiger partial charge in [-0.1, -0.05) is 36.8 Å². The lowest BCUT2D eigenvalue weighted by Crippen LogP contribution is -2.32. The van der Waals surface area contributed by atoms with Gasteiger partial charge in [0.1, 0.15) is 0 Å². The molecule has 3 nitrogen and oxygen atoms in total. The van der Waals surface area contributed by atoms with Crippen molar-refractivity contribution in [3.8, 4) is 6.07 Å².